The van der Waals surface area contributed by atoms with Crippen LogP contribution >= 0.6 is 0 Å². The fourth-order valence-electron chi connectivity index (χ4n) is 3.01. The summed E-state index contributed by atoms with van der Waals surface area (Å²) in [5, 5.41) is 3.47. The van der Waals surface area contributed by atoms with Crippen molar-refractivity contribution in [2.75, 3.05) is 6.54 Å². The molecular formula is C15H21F2N. The van der Waals surface area contributed by atoms with E-state index < -0.39 is 11.6 Å². The molecule has 0 aromatic heterocycles. The van der Waals surface area contributed by atoms with Crippen LogP contribution in [-0.4, -0.2) is 12.6 Å². The maximum Gasteiger partial charge on any atom is 0.126 e. The summed E-state index contributed by atoms with van der Waals surface area (Å²) in [5.74, 6) is -0.392. The van der Waals surface area contributed by atoms with Gasteiger partial charge in [-0.3, -0.25) is 0 Å². The van der Waals surface area contributed by atoms with Crippen molar-refractivity contribution in [3.8, 4) is 0 Å². The Hall–Kier alpha value is -0.960. The zero-order chi connectivity index (χ0) is 13.0. The molecule has 0 spiro atoms. The third kappa shape index (κ3) is 3.77. The van der Waals surface area contributed by atoms with Crippen LogP contribution in [0.4, 0.5) is 8.78 Å². The largest absolute Gasteiger partial charge is 0.314 e. The Kier molecular flexibility index (Phi) is 4.70. The van der Waals surface area contributed by atoms with Gasteiger partial charge >= 0.3 is 0 Å². The maximum atomic E-state index is 13.1. The molecule has 1 saturated carbocycles. The molecule has 1 aliphatic carbocycles. The van der Waals surface area contributed by atoms with E-state index in [4.69, 9.17) is 0 Å². The number of benzene rings is 1. The van der Waals surface area contributed by atoms with Gasteiger partial charge in [-0.1, -0.05) is 19.8 Å². The summed E-state index contributed by atoms with van der Waals surface area (Å²) in [6.07, 6.45) is 5.50. The zero-order valence-electron chi connectivity index (χ0n) is 10.9. The fraction of sp³-hybridized carbons (Fsp3) is 0.600. The second-order valence-corrected chi connectivity index (χ2v) is 5.27. The lowest BCUT2D eigenvalue weighted by Gasteiger charge is -2.29. The summed E-state index contributed by atoms with van der Waals surface area (Å²) in [7, 11) is 0. The standard InChI is InChI=1S/C15H21F2N/c1-2-18-15-5-3-4-11(9-15)6-12-7-13(16)10-14(17)8-12/h7-8,10-11,15,18H,2-6,9H2,1H3. The molecule has 0 bridgehead atoms. The lowest BCUT2D eigenvalue weighted by Crippen LogP contribution is -2.34. The molecule has 1 nitrogen and oxygen atoms in total. The average Bonchev–Trinajstić information content (AvgIpc) is 2.28. The Bertz CT molecular complexity index is 370. The van der Waals surface area contributed by atoms with Crippen molar-refractivity contribution in [3.63, 3.8) is 0 Å². The highest BCUT2D eigenvalue weighted by molar-refractivity contribution is 5.18. The molecule has 0 heterocycles. The minimum Gasteiger partial charge on any atom is -0.314 e. The van der Waals surface area contributed by atoms with E-state index in [0.717, 1.165) is 31.0 Å². The van der Waals surface area contributed by atoms with E-state index in [2.05, 4.69) is 12.2 Å². The van der Waals surface area contributed by atoms with Crippen LogP contribution in [0.3, 0.4) is 0 Å². The molecule has 18 heavy (non-hydrogen) atoms. The average molecular weight is 253 g/mol. The van der Waals surface area contributed by atoms with Crippen molar-refractivity contribution in [2.45, 2.75) is 45.1 Å². The molecule has 100 valence electrons. The van der Waals surface area contributed by atoms with Gasteiger partial charge in [-0.25, -0.2) is 8.78 Å². The Labute approximate surface area is 108 Å². The summed E-state index contributed by atoms with van der Waals surface area (Å²) >= 11 is 0. The monoisotopic (exact) mass is 253 g/mol. The molecule has 2 unspecified atom stereocenters. The number of rotatable bonds is 4. The fourth-order valence-corrected chi connectivity index (χ4v) is 3.01. The van der Waals surface area contributed by atoms with Gasteiger partial charge in [0.2, 0.25) is 0 Å². The first kappa shape index (κ1) is 13.5. The molecule has 1 aliphatic rings. The maximum absolute atomic E-state index is 13.1. The van der Waals surface area contributed by atoms with Gasteiger partial charge < -0.3 is 5.32 Å². The van der Waals surface area contributed by atoms with Crippen LogP contribution in [0.5, 0.6) is 0 Å². The number of hydrogen-bond donors (Lipinski definition) is 1. The van der Waals surface area contributed by atoms with E-state index in [9.17, 15) is 8.78 Å². The van der Waals surface area contributed by atoms with Crippen LogP contribution in [0.15, 0.2) is 18.2 Å². The van der Waals surface area contributed by atoms with Crippen molar-refractivity contribution in [1.29, 1.82) is 0 Å². The molecule has 0 amide bonds. The van der Waals surface area contributed by atoms with Crippen molar-refractivity contribution in [3.05, 3.63) is 35.4 Å². The first-order chi connectivity index (χ1) is 8.67. The van der Waals surface area contributed by atoms with Crippen LogP contribution in [0.1, 0.15) is 38.2 Å². The Morgan fingerprint density at radius 1 is 1.17 bits per heavy atom. The predicted molar refractivity (Wildman–Crippen MR) is 69.5 cm³/mol. The van der Waals surface area contributed by atoms with Gasteiger partial charge in [-0.05, 0) is 49.4 Å². The SMILES string of the molecule is CCNC1CCCC(Cc2cc(F)cc(F)c2)C1. The quantitative estimate of drug-likeness (QED) is 0.863. The van der Waals surface area contributed by atoms with Crippen LogP contribution < -0.4 is 5.32 Å². The van der Waals surface area contributed by atoms with Crippen molar-refractivity contribution in [1.82, 2.24) is 5.32 Å². The minimum absolute atomic E-state index is 0.468. The first-order valence-corrected chi connectivity index (χ1v) is 6.85. The van der Waals surface area contributed by atoms with Crippen LogP contribution in [0.25, 0.3) is 0 Å². The lowest BCUT2D eigenvalue weighted by atomic mass is 9.82. The highest BCUT2D eigenvalue weighted by Gasteiger charge is 2.21. The van der Waals surface area contributed by atoms with Gasteiger partial charge in [-0.2, -0.15) is 0 Å². The number of hydrogen-bond acceptors (Lipinski definition) is 1. The molecule has 2 rings (SSSR count). The van der Waals surface area contributed by atoms with Gasteiger partial charge in [0.25, 0.3) is 0 Å². The first-order valence-electron chi connectivity index (χ1n) is 6.85. The molecule has 2 atom stereocenters. The molecule has 1 aromatic carbocycles. The van der Waals surface area contributed by atoms with Gasteiger partial charge in [0.15, 0.2) is 0 Å². The van der Waals surface area contributed by atoms with E-state index in [1.807, 2.05) is 0 Å². The van der Waals surface area contributed by atoms with E-state index in [1.165, 1.54) is 31.4 Å². The van der Waals surface area contributed by atoms with Gasteiger partial charge in [-0.15, -0.1) is 0 Å². The minimum atomic E-state index is -0.468. The molecule has 3 heteroatoms. The zero-order valence-corrected chi connectivity index (χ0v) is 10.9. The van der Waals surface area contributed by atoms with Crippen molar-refractivity contribution >= 4 is 0 Å². The summed E-state index contributed by atoms with van der Waals surface area (Å²) in [6.45, 7) is 3.11. The van der Waals surface area contributed by atoms with Crippen molar-refractivity contribution in [2.24, 2.45) is 5.92 Å². The smallest absolute Gasteiger partial charge is 0.126 e. The number of nitrogens with one attached hydrogen (secondary N) is 1. The lowest BCUT2D eigenvalue weighted by molar-refractivity contribution is 0.287. The van der Waals surface area contributed by atoms with E-state index in [0.29, 0.717) is 12.0 Å². The Morgan fingerprint density at radius 2 is 1.89 bits per heavy atom. The second-order valence-electron chi connectivity index (χ2n) is 5.27. The highest BCUT2D eigenvalue weighted by atomic mass is 19.1. The second kappa shape index (κ2) is 6.28. The topological polar surface area (TPSA) is 12.0 Å². The van der Waals surface area contributed by atoms with E-state index >= 15 is 0 Å². The van der Waals surface area contributed by atoms with Gasteiger partial charge in [0, 0.05) is 12.1 Å². The molecular weight excluding hydrogens is 232 g/mol. The molecule has 0 aliphatic heterocycles. The summed E-state index contributed by atoms with van der Waals surface area (Å²) in [6, 6.07) is 4.43. The third-order valence-corrected chi connectivity index (χ3v) is 3.72. The third-order valence-electron chi connectivity index (χ3n) is 3.72. The van der Waals surface area contributed by atoms with E-state index in [1.54, 1.807) is 0 Å². The Morgan fingerprint density at radius 3 is 2.56 bits per heavy atom. The number of halogens is 2. The summed E-state index contributed by atoms with van der Waals surface area (Å²) in [4.78, 5) is 0. The summed E-state index contributed by atoms with van der Waals surface area (Å²) < 4.78 is 26.3. The van der Waals surface area contributed by atoms with Crippen molar-refractivity contribution < 1.29 is 8.78 Å². The highest BCUT2D eigenvalue weighted by Crippen LogP contribution is 2.27. The Balaban J connectivity index is 1.95. The van der Waals surface area contributed by atoms with E-state index in [-0.39, 0.29) is 0 Å². The van der Waals surface area contributed by atoms with Crippen LogP contribution in [0, 0.1) is 17.6 Å². The molecule has 0 saturated heterocycles. The normalized spacial score (nSPS) is 24.2. The van der Waals surface area contributed by atoms with Gasteiger partial charge in [0.1, 0.15) is 11.6 Å². The molecule has 1 N–H and O–H groups in total. The molecule has 1 aromatic rings. The van der Waals surface area contributed by atoms with Gasteiger partial charge in [0.05, 0.1) is 0 Å². The van der Waals surface area contributed by atoms with Crippen LogP contribution in [0.2, 0.25) is 0 Å². The molecule has 1 fully saturated rings. The molecule has 0 radical (unpaired) electrons. The predicted octanol–water partition coefficient (Wildman–Crippen LogP) is 3.68. The summed E-state index contributed by atoms with van der Waals surface area (Å²) in [5.41, 5.74) is 0.787. The van der Waals surface area contributed by atoms with Crippen LogP contribution in [-0.2, 0) is 6.42 Å².